The Labute approximate surface area is 180 Å². The molecule has 1 saturated carbocycles. The number of halogens is 1. The lowest BCUT2D eigenvalue weighted by Gasteiger charge is -2.23. The summed E-state index contributed by atoms with van der Waals surface area (Å²) in [4.78, 5) is 29.6. The summed E-state index contributed by atoms with van der Waals surface area (Å²) in [5.74, 6) is -0.483. The van der Waals surface area contributed by atoms with E-state index in [-0.39, 0.29) is 30.6 Å². The van der Waals surface area contributed by atoms with Gasteiger partial charge in [0.1, 0.15) is 0 Å². The van der Waals surface area contributed by atoms with Gasteiger partial charge in [0.05, 0.1) is 5.83 Å². The molecule has 0 aliphatic heterocycles. The number of carbonyl (C=O) groups excluding carboxylic acids is 1. The Hall–Kier alpha value is -3.03. The largest absolute Gasteiger partial charge is 0.481 e. The lowest BCUT2D eigenvalue weighted by atomic mass is 10.1. The molecule has 1 aliphatic rings. The average Bonchev–Trinajstić information content (AvgIpc) is 3.27. The number of nitrogens with zero attached hydrogens (tertiary/aromatic N) is 3. The Bertz CT molecular complexity index is 952. The van der Waals surface area contributed by atoms with Crippen molar-refractivity contribution in [1.29, 1.82) is 0 Å². The molecular weight excluding hydrogens is 401 g/mol. The first-order chi connectivity index (χ1) is 14.8. The van der Waals surface area contributed by atoms with Crippen molar-refractivity contribution < 1.29 is 23.6 Å². The third kappa shape index (κ3) is 6.23. The maximum atomic E-state index is 13.1. The molecule has 0 bridgehead atoms. The first-order valence-corrected chi connectivity index (χ1v) is 10.6. The van der Waals surface area contributed by atoms with Crippen molar-refractivity contribution in [3.8, 4) is 11.4 Å². The second kappa shape index (κ2) is 9.85. The molecule has 0 atom stereocenters. The molecule has 1 aromatic carbocycles. The van der Waals surface area contributed by atoms with Crippen LogP contribution in [0.25, 0.3) is 11.4 Å². The summed E-state index contributed by atoms with van der Waals surface area (Å²) in [6.07, 6.45) is 4.01. The van der Waals surface area contributed by atoms with E-state index >= 15 is 0 Å². The number of amides is 1. The first kappa shape index (κ1) is 22.7. The average molecular weight is 429 g/mol. The Morgan fingerprint density at radius 1 is 1.23 bits per heavy atom. The molecule has 1 N–H and O–H groups in total. The van der Waals surface area contributed by atoms with Crippen LogP contribution in [0.3, 0.4) is 0 Å². The van der Waals surface area contributed by atoms with E-state index in [2.05, 4.69) is 23.6 Å². The number of carbonyl (C=O) groups is 2. The smallest absolute Gasteiger partial charge is 0.303 e. The summed E-state index contributed by atoms with van der Waals surface area (Å²) in [7, 11) is 0. The van der Waals surface area contributed by atoms with Crippen molar-refractivity contribution in [2.24, 2.45) is 0 Å². The van der Waals surface area contributed by atoms with E-state index in [1.165, 1.54) is 0 Å². The molecule has 0 radical (unpaired) electrons. The molecule has 0 spiro atoms. The van der Waals surface area contributed by atoms with Gasteiger partial charge in [-0.05, 0) is 37.8 Å². The van der Waals surface area contributed by atoms with E-state index in [1.54, 1.807) is 4.90 Å². The van der Waals surface area contributed by atoms with Crippen molar-refractivity contribution in [2.75, 3.05) is 11.4 Å². The number of allylic oxidation sites excluding steroid dienone is 1. The summed E-state index contributed by atoms with van der Waals surface area (Å²) in [5.41, 5.74) is 1.36. The number of hydrogen-bond donors (Lipinski definition) is 1. The fourth-order valence-corrected chi connectivity index (χ4v) is 3.30. The zero-order valence-corrected chi connectivity index (χ0v) is 17.8. The monoisotopic (exact) mass is 429 g/mol. The van der Waals surface area contributed by atoms with Gasteiger partial charge in [0, 0.05) is 42.5 Å². The number of aromatic nitrogens is 2. The quantitative estimate of drug-likeness (QED) is 0.475. The SMILES string of the molecule is C=C(F)CCC(=O)N(CCCCCC(=O)O)c1cccc(-c2noc(C3(C)CC3)n2)c1. The number of anilines is 1. The zero-order chi connectivity index (χ0) is 22.4. The zero-order valence-electron chi connectivity index (χ0n) is 17.8. The van der Waals surface area contributed by atoms with Crippen molar-refractivity contribution in [1.82, 2.24) is 10.1 Å². The first-order valence-electron chi connectivity index (χ1n) is 10.6. The standard InChI is InChI=1S/C23H28FN3O4/c1-16(24)10-11-19(28)27(14-5-3-4-9-20(29)30)18-8-6-7-17(15-18)21-25-22(31-26-21)23(2)12-13-23/h6-8,15H,1,3-5,9-14H2,2H3,(H,29,30). The number of rotatable bonds is 12. The molecule has 1 amide bonds. The van der Waals surface area contributed by atoms with Crippen LogP contribution in [0.2, 0.25) is 0 Å². The fraction of sp³-hybridized carbons (Fsp3) is 0.478. The van der Waals surface area contributed by atoms with Gasteiger partial charge < -0.3 is 14.5 Å². The van der Waals surface area contributed by atoms with Gasteiger partial charge >= 0.3 is 5.97 Å². The number of unbranched alkanes of at least 4 members (excludes halogenated alkanes) is 2. The minimum atomic E-state index is -0.832. The summed E-state index contributed by atoms with van der Waals surface area (Å²) in [5, 5.41) is 12.9. The maximum absolute atomic E-state index is 13.1. The lowest BCUT2D eigenvalue weighted by Crippen LogP contribution is -2.31. The predicted molar refractivity (Wildman–Crippen MR) is 114 cm³/mol. The molecule has 166 valence electrons. The third-order valence-electron chi connectivity index (χ3n) is 5.54. The number of carboxylic acid groups (broad SMARTS) is 1. The van der Waals surface area contributed by atoms with Gasteiger partial charge in [0.25, 0.3) is 0 Å². The molecule has 8 heteroatoms. The van der Waals surface area contributed by atoms with Crippen molar-refractivity contribution in [3.63, 3.8) is 0 Å². The second-order valence-electron chi connectivity index (χ2n) is 8.30. The second-order valence-corrected chi connectivity index (χ2v) is 8.30. The molecular formula is C23H28FN3O4. The van der Waals surface area contributed by atoms with Crippen LogP contribution < -0.4 is 4.90 Å². The van der Waals surface area contributed by atoms with E-state index < -0.39 is 11.8 Å². The van der Waals surface area contributed by atoms with Crippen molar-refractivity contribution in [3.05, 3.63) is 42.6 Å². The molecule has 3 rings (SSSR count). The summed E-state index contributed by atoms with van der Waals surface area (Å²) in [6, 6.07) is 7.31. The molecule has 1 aromatic heterocycles. The Balaban J connectivity index is 1.74. The number of aliphatic carboxylic acids is 1. The summed E-state index contributed by atoms with van der Waals surface area (Å²) in [6.45, 7) is 5.72. The van der Waals surface area contributed by atoms with Crippen LogP contribution in [0.5, 0.6) is 0 Å². The highest BCUT2D eigenvalue weighted by molar-refractivity contribution is 5.94. The van der Waals surface area contributed by atoms with Gasteiger partial charge in [-0.2, -0.15) is 4.98 Å². The van der Waals surface area contributed by atoms with Crippen LogP contribution in [0.1, 0.15) is 64.2 Å². The highest BCUT2D eigenvalue weighted by Gasteiger charge is 2.44. The highest BCUT2D eigenvalue weighted by atomic mass is 19.1. The summed E-state index contributed by atoms with van der Waals surface area (Å²) >= 11 is 0. The van der Waals surface area contributed by atoms with Crippen LogP contribution >= 0.6 is 0 Å². The number of carboxylic acids is 1. The highest BCUT2D eigenvalue weighted by Crippen LogP contribution is 2.47. The molecule has 0 saturated heterocycles. The van der Waals surface area contributed by atoms with Gasteiger partial charge in [-0.3, -0.25) is 9.59 Å². The van der Waals surface area contributed by atoms with E-state index in [9.17, 15) is 14.0 Å². The van der Waals surface area contributed by atoms with E-state index in [4.69, 9.17) is 9.63 Å². The van der Waals surface area contributed by atoms with E-state index in [0.717, 1.165) is 18.4 Å². The Morgan fingerprint density at radius 2 is 2.00 bits per heavy atom. The Morgan fingerprint density at radius 3 is 2.68 bits per heavy atom. The normalized spacial score (nSPS) is 14.3. The molecule has 31 heavy (non-hydrogen) atoms. The van der Waals surface area contributed by atoms with Crippen molar-refractivity contribution >= 4 is 17.6 Å². The van der Waals surface area contributed by atoms with Gasteiger partial charge in [0.2, 0.25) is 17.6 Å². The fourth-order valence-electron chi connectivity index (χ4n) is 3.30. The van der Waals surface area contributed by atoms with Crippen molar-refractivity contribution in [2.45, 2.75) is 63.7 Å². The minimum absolute atomic E-state index is 0.0133. The third-order valence-corrected chi connectivity index (χ3v) is 5.54. The lowest BCUT2D eigenvalue weighted by molar-refractivity contribution is -0.137. The van der Waals surface area contributed by atoms with Crippen LogP contribution in [0, 0.1) is 0 Å². The Kier molecular flexibility index (Phi) is 7.20. The predicted octanol–water partition coefficient (Wildman–Crippen LogP) is 5.03. The van der Waals surface area contributed by atoms with Crippen LogP contribution in [-0.2, 0) is 15.0 Å². The topological polar surface area (TPSA) is 96.5 Å². The van der Waals surface area contributed by atoms with Gasteiger partial charge in [-0.15, -0.1) is 0 Å². The molecule has 7 nitrogen and oxygen atoms in total. The molecule has 2 aromatic rings. The summed E-state index contributed by atoms with van der Waals surface area (Å²) < 4.78 is 18.5. The molecule has 1 aliphatic carbocycles. The maximum Gasteiger partial charge on any atom is 0.303 e. The van der Waals surface area contributed by atoms with Gasteiger partial charge in [-0.25, -0.2) is 4.39 Å². The minimum Gasteiger partial charge on any atom is -0.481 e. The van der Waals surface area contributed by atoms with Gasteiger partial charge in [0.15, 0.2) is 0 Å². The van der Waals surface area contributed by atoms with Gasteiger partial charge in [-0.1, -0.05) is 37.2 Å². The molecule has 0 unspecified atom stereocenters. The molecule has 1 heterocycles. The van der Waals surface area contributed by atoms with Crippen LogP contribution in [0.4, 0.5) is 10.1 Å². The van der Waals surface area contributed by atoms with E-state index in [1.807, 2.05) is 24.3 Å². The van der Waals surface area contributed by atoms with E-state index in [0.29, 0.717) is 43.2 Å². The molecule has 1 fully saturated rings. The van der Waals surface area contributed by atoms with Crippen LogP contribution in [-0.4, -0.2) is 33.7 Å². The number of hydrogen-bond acceptors (Lipinski definition) is 5. The number of benzene rings is 1. The van der Waals surface area contributed by atoms with Crippen LogP contribution in [0.15, 0.2) is 41.2 Å².